The third-order valence-corrected chi connectivity index (χ3v) is 6.31. The van der Waals surface area contributed by atoms with Crippen molar-refractivity contribution in [2.24, 2.45) is 5.14 Å². The summed E-state index contributed by atoms with van der Waals surface area (Å²) in [5.41, 5.74) is 0.948. The van der Waals surface area contributed by atoms with Gasteiger partial charge in [0.2, 0.25) is 10.0 Å². The predicted octanol–water partition coefficient (Wildman–Crippen LogP) is 0.413. The maximum Gasteiger partial charge on any atom is 0.255 e. The van der Waals surface area contributed by atoms with Crippen LogP contribution in [0.15, 0.2) is 17.0 Å². The summed E-state index contributed by atoms with van der Waals surface area (Å²) in [6, 6.07) is 3.16. The highest BCUT2D eigenvalue weighted by Crippen LogP contribution is 2.35. The fourth-order valence-corrected chi connectivity index (χ4v) is 4.68. The Labute approximate surface area is 167 Å². The first kappa shape index (κ1) is 21.0. The van der Waals surface area contributed by atoms with E-state index in [9.17, 15) is 13.2 Å². The molecular formula is C19H30N4O4S. The molecule has 0 radical (unpaired) electrons. The molecule has 156 valence electrons. The minimum Gasteiger partial charge on any atom is -0.488 e. The van der Waals surface area contributed by atoms with Crippen molar-refractivity contribution in [3.63, 3.8) is 0 Å². The number of nitrogens with one attached hydrogen (secondary N) is 1. The molecule has 0 saturated carbocycles. The van der Waals surface area contributed by atoms with Gasteiger partial charge in [-0.2, -0.15) is 0 Å². The van der Waals surface area contributed by atoms with Crippen LogP contribution in [0.3, 0.4) is 0 Å². The lowest BCUT2D eigenvalue weighted by molar-refractivity contribution is 0.0934. The fraction of sp³-hybridized carbons (Fsp3) is 0.632. The van der Waals surface area contributed by atoms with Gasteiger partial charge in [0, 0.05) is 31.1 Å². The molecular weight excluding hydrogens is 380 g/mol. The zero-order chi connectivity index (χ0) is 20.5. The van der Waals surface area contributed by atoms with Crippen LogP contribution in [-0.4, -0.2) is 76.5 Å². The first-order chi connectivity index (χ1) is 13.2. The van der Waals surface area contributed by atoms with E-state index in [1.165, 1.54) is 12.1 Å². The van der Waals surface area contributed by atoms with Crippen LogP contribution in [0.25, 0.3) is 0 Å². The van der Waals surface area contributed by atoms with Crippen LogP contribution < -0.4 is 15.2 Å². The van der Waals surface area contributed by atoms with E-state index in [0.717, 1.165) is 25.9 Å². The summed E-state index contributed by atoms with van der Waals surface area (Å²) in [4.78, 5) is 17.2. The second-order valence-corrected chi connectivity index (χ2v) is 9.41. The van der Waals surface area contributed by atoms with Crippen molar-refractivity contribution in [1.82, 2.24) is 15.1 Å². The number of fused-ring (bicyclic) bond motifs is 1. The molecule has 9 heteroatoms. The fourth-order valence-electron chi connectivity index (χ4n) is 4.09. The number of likely N-dealkylation sites (tertiary alicyclic amines) is 1. The number of amides is 1. The quantitative estimate of drug-likeness (QED) is 0.675. The van der Waals surface area contributed by atoms with Gasteiger partial charge in [0.25, 0.3) is 5.91 Å². The summed E-state index contributed by atoms with van der Waals surface area (Å²) in [7, 11) is -0.0359. The lowest BCUT2D eigenvalue weighted by atomic mass is 10.1. The van der Waals surface area contributed by atoms with Gasteiger partial charge >= 0.3 is 0 Å². The second-order valence-electron chi connectivity index (χ2n) is 7.84. The van der Waals surface area contributed by atoms with Crippen molar-refractivity contribution >= 4 is 15.9 Å². The molecule has 1 aromatic rings. The molecule has 1 amide bonds. The smallest absolute Gasteiger partial charge is 0.255 e. The SMILES string of the molecule is CCN1CCCC1CNC(=O)c1cc(S(N)(=O)=O)cc2c1OC(CN(C)C)C2. The van der Waals surface area contributed by atoms with Crippen LogP contribution in [0.1, 0.15) is 35.7 Å². The topological polar surface area (TPSA) is 105 Å². The molecule has 0 aliphatic carbocycles. The van der Waals surface area contributed by atoms with Gasteiger partial charge in [-0.1, -0.05) is 6.92 Å². The summed E-state index contributed by atoms with van der Waals surface area (Å²) < 4.78 is 29.8. The van der Waals surface area contributed by atoms with Crippen LogP contribution in [0.2, 0.25) is 0 Å². The highest BCUT2D eigenvalue weighted by molar-refractivity contribution is 7.89. The number of likely N-dealkylation sites (N-methyl/N-ethyl adjacent to an activating group) is 2. The molecule has 3 rings (SSSR count). The summed E-state index contributed by atoms with van der Waals surface area (Å²) in [6.07, 6.45) is 2.59. The minimum atomic E-state index is -3.92. The average Bonchev–Trinajstić information content (AvgIpc) is 3.22. The van der Waals surface area contributed by atoms with Gasteiger partial charge < -0.3 is 15.0 Å². The van der Waals surface area contributed by atoms with E-state index in [0.29, 0.717) is 36.9 Å². The Morgan fingerprint density at radius 3 is 2.79 bits per heavy atom. The van der Waals surface area contributed by atoms with Crippen molar-refractivity contribution in [2.75, 3.05) is 40.3 Å². The van der Waals surface area contributed by atoms with Crippen molar-refractivity contribution in [1.29, 1.82) is 0 Å². The number of primary sulfonamides is 1. The number of hydrogen-bond donors (Lipinski definition) is 2. The van der Waals surface area contributed by atoms with Gasteiger partial charge in [-0.25, -0.2) is 13.6 Å². The molecule has 0 spiro atoms. The number of ether oxygens (including phenoxy) is 1. The van der Waals surface area contributed by atoms with Crippen molar-refractivity contribution in [2.45, 2.75) is 43.2 Å². The number of carbonyl (C=O) groups is 1. The van der Waals surface area contributed by atoms with Crippen LogP contribution in [-0.2, 0) is 16.4 Å². The first-order valence-corrected chi connectivity index (χ1v) is 11.3. The average molecular weight is 411 g/mol. The highest BCUT2D eigenvalue weighted by Gasteiger charge is 2.31. The molecule has 3 N–H and O–H groups in total. The Kier molecular flexibility index (Phi) is 6.28. The number of nitrogens with two attached hydrogens (primary N) is 1. The van der Waals surface area contributed by atoms with E-state index >= 15 is 0 Å². The summed E-state index contributed by atoms with van der Waals surface area (Å²) >= 11 is 0. The molecule has 1 saturated heterocycles. The predicted molar refractivity (Wildman–Crippen MR) is 107 cm³/mol. The maximum absolute atomic E-state index is 12.9. The Morgan fingerprint density at radius 1 is 1.39 bits per heavy atom. The molecule has 28 heavy (non-hydrogen) atoms. The molecule has 2 aliphatic heterocycles. The van der Waals surface area contributed by atoms with E-state index < -0.39 is 10.0 Å². The second kappa shape index (κ2) is 8.36. The zero-order valence-corrected chi connectivity index (χ0v) is 17.6. The maximum atomic E-state index is 12.9. The standard InChI is InChI=1S/C19H30N4O4S/c1-4-23-7-5-6-14(23)11-21-19(24)17-10-16(28(20,25)26)9-13-8-15(12-22(2)3)27-18(13)17/h9-10,14-15H,4-8,11-12H2,1-3H3,(H,21,24)(H2,20,25,26). The number of nitrogens with zero attached hydrogens (tertiary/aromatic N) is 2. The molecule has 1 fully saturated rings. The Bertz CT molecular complexity index is 841. The Balaban J connectivity index is 1.83. The lowest BCUT2D eigenvalue weighted by Crippen LogP contribution is -2.40. The van der Waals surface area contributed by atoms with Crippen molar-refractivity contribution in [3.05, 3.63) is 23.3 Å². The van der Waals surface area contributed by atoms with Crippen LogP contribution in [0.5, 0.6) is 5.75 Å². The number of rotatable bonds is 7. The van der Waals surface area contributed by atoms with E-state index in [1.807, 2.05) is 19.0 Å². The van der Waals surface area contributed by atoms with Gasteiger partial charge in [-0.3, -0.25) is 9.69 Å². The minimum absolute atomic E-state index is 0.0541. The molecule has 2 heterocycles. The third kappa shape index (κ3) is 4.65. The first-order valence-electron chi connectivity index (χ1n) is 9.72. The van der Waals surface area contributed by atoms with Gasteiger partial charge in [0.05, 0.1) is 10.5 Å². The largest absolute Gasteiger partial charge is 0.488 e. The molecule has 8 nitrogen and oxygen atoms in total. The Morgan fingerprint density at radius 2 is 2.14 bits per heavy atom. The highest BCUT2D eigenvalue weighted by atomic mass is 32.2. The molecule has 0 bridgehead atoms. The van der Waals surface area contributed by atoms with Gasteiger partial charge in [-0.05, 0) is 52.2 Å². The molecule has 0 aromatic heterocycles. The molecule has 2 atom stereocenters. The van der Waals surface area contributed by atoms with Crippen LogP contribution in [0.4, 0.5) is 0 Å². The van der Waals surface area contributed by atoms with Crippen LogP contribution >= 0.6 is 0 Å². The lowest BCUT2D eigenvalue weighted by Gasteiger charge is -2.23. The zero-order valence-electron chi connectivity index (χ0n) is 16.8. The van der Waals surface area contributed by atoms with Gasteiger partial charge in [-0.15, -0.1) is 0 Å². The third-order valence-electron chi connectivity index (χ3n) is 5.42. The van der Waals surface area contributed by atoms with Crippen LogP contribution in [0, 0.1) is 0 Å². The molecule has 2 aliphatic rings. The number of benzene rings is 1. The van der Waals surface area contributed by atoms with E-state index in [4.69, 9.17) is 9.88 Å². The van der Waals surface area contributed by atoms with Crippen molar-refractivity contribution in [3.8, 4) is 5.75 Å². The van der Waals surface area contributed by atoms with E-state index in [1.54, 1.807) is 0 Å². The van der Waals surface area contributed by atoms with Gasteiger partial charge in [0.15, 0.2) is 0 Å². The summed E-state index contributed by atoms with van der Waals surface area (Å²) in [5.74, 6) is 0.144. The van der Waals surface area contributed by atoms with E-state index in [-0.39, 0.29) is 22.5 Å². The normalized spacial score (nSPS) is 22.3. The van der Waals surface area contributed by atoms with Crippen molar-refractivity contribution < 1.29 is 17.9 Å². The van der Waals surface area contributed by atoms with Gasteiger partial charge in [0.1, 0.15) is 11.9 Å². The summed E-state index contributed by atoms with van der Waals surface area (Å²) in [6.45, 7) is 5.31. The number of sulfonamides is 1. The Hall–Kier alpha value is -1.68. The van der Waals surface area contributed by atoms with E-state index in [2.05, 4.69) is 17.1 Å². The molecule has 2 unspecified atom stereocenters. The molecule has 1 aromatic carbocycles. The summed E-state index contributed by atoms with van der Waals surface area (Å²) in [5, 5.41) is 8.29. The number of carbonyl (C=O) groups excluding carboxylic acids is 1. The number of hydrogen-bond acceptors (Lipinski definition) is 6. The monoisotopic (exact) mass is 410 g/mol.